The Balaban J connectivity index is 2.46. The standard InChI is InChI=1S/C11H12O/c1-2-3-9-4-5-10-6-7-12-11(10)8-9/h4-8H,2-3H2,1H3. The molecule has 62 valence electrons. The van der Waals surface area contributed by atoms with Crippen molar-refractivity contribution >= 4 is 11.0 Å². The Morgan fingerprint density at radius 1 is 1.25 bits per heavy atom. The first-order valence-electron chi connectivity index (χ1n) is 4.36. The number of rotatable bonds is 2. The van der Waals surface area contributed by atoms with Gasteiger partial charge in [-0.2, -0.15) is 0 Å². The van der Waals surface area contributed by atoms with Gasteiger partial charge in [-0.25, -0.2) is 0 Å². The normalized spacial score (nSPS) is 10.8. The zero-order valence-corrected chi connectivity index (χ0v) is 7.21. The van der Waals surface area contributed by atoms with E-state index >= 15 is 0 Å². The third-order valence-corrected chi connectivity index (χ3v) is 2.06. The lowest BCUT2D eigenvalue weighted by Gasteiger charge is -1.96. The maximum atomic E-state index is 5.30. The summed E-state index contributed by atoms with van der Waals surface area (Å²) in [5.41, 5.74) is 2.36. The third kappa shape index (κ3) is 1.22. The molecule has 0 unspecified atom stereocenters. The summed E-state index contributed by atoms with van der Waals surface area (Å²) >= 11 is 0. The van der Waals surface area contributed by atoms with Gasteiger partial charge >= 0.3 is 0 Å². The van der Waals surface area contributed by atoms with Crippen molar-refractivity contribution in [3.05, 3.63) is 36.1 Å². The number of hydrogen-bond donors (Lipinski definition) is 0. The molecule has 0 radical (unpaired) electrons. The highest BCUT2D eigenvalue weighted by molar-refractivity contribution is 5.77. The van der Waals surface area contributed by atoms with Crippen molar-refractivity contribution in [3.8, 4) is 0 Å². The SMILES string of the molecule is CCCc1ccc2ccoc2c1. The highest BCUT2D eigenvalue weighted by Crippen LogP contribution is 2.17. The van der Waals surface area contributed by atoms with E-state index in [0.717, 1.165) is 12.0 Å². The monoisotopic (exact) mass is 160 g/mol. The van der Waals surface area contributed by atoms with Gasteiger partial charge in [0.1, 0.15) is 5.58 Å². The van der Waals surface area contributed by atoms with Crippen LogP contribution in [0, 0.1) is 0 Å². The van der Waals surface area contributed by atoms with E-state index in [1.165, 1.54) is 17.4 Å². The van der Waals surface area contributed by atoms with Gasteiger partial charge in [-0.3, -0.25) is 0 Å². The third-order valence-electron chi connectivity index (χ3n) is 2.06. The minimum absolute atomic E-state index is 1.00. The summed E-state index contributed by atoms with van der Waals surface area (Å²) in [7, 11) is 0. The highest BCUT2D eigenvalue weighted by Gasteiger charge is 1.97. The van der Waals surface area contributed by atoms with Crippen LogP contribution in [-0.4, -0.2) is 0 Å². The molecule has 0 saturated heterocycles. The lowest BCUT2D eigenvalue weighted by atomic mass is 10.1. The largest absolute Gasteiger partial charge is 0.464 e. The fraction of sp³-hybridized carbons (Fsp3) is 0.273. The van der Waals surface area contributed by atoms with Crippen molar-refractivity contribution < 1.29 is 4.42 Å². The number of benzene rings is 1. The van der Waals surface area contributed by atoms with Gasteiger partial charge in [-0.15, -0.1) is 0 Å². The van der Waals surface area contributed by atoms with Crippen LogP contribution in [0.4, 0.5) is 0 Å². The van der Waals surface area contributed by atoms with Crippen LogP contribution < -0.4 is 0 Å². The molecule has 0 saturated carbocycles. The van der Waals surface area contributed by atoms with Crippen molar-refractivity contribution in [1.82, 2.24) is 0 Å². The second kappa shape index (κ2) is 3.02. The van der Waals surface area contributed by atoms with Crippen LogP contribution in [0.3, 0.4) is 0 Å². The molecule has 0 spiro atoms. The number of aryl methyl sites for hydroxylation is 1. The molecule has 0 bridgehead atoms. The number of hydrogen-bond acceptors (Lipinski definition) is 1. The maximum absolute atomic E-state index is 5.30. The molecule has 0 N–H and O–H groups in total. The van der Waals surface area contributed by atoms with Gasteiger partial charge in [0, 0.05) is 5.39 Å². The first-order valence-corrected chi connectivity index (χ1v) is 4.36. The Morgan fingerprint density at radius 3 is 3.00 bits per heavy atom. The molecule has 1 heteroatoms. The quantitative estimate of drug-likeness (QED) is 0.656. The van der Waals surface area contributed by atoms with Crippen LogP contribution in [0.25, 0.3) is 11.0 Å². The Kier molecular flexibility index (Phi) is 1.86. The molecule has 1 aromatic carbocycles. The summed E-state index contributed by atoms with van der Waals surface area (Å²) in [4.78, 5) is 0. The molecule has 0 fully saturated rings. The van der Waals surface area contributed by atoms with Crippen molar-refractivity contribution in [2.75, 3.05) is 0 Å². The molecular formula is C11H12O. The van der Waals surface area contributed by atoms with Crippen molar-refractivity contribution in [3.63, 3.8) is 0 Å². The molecule has 1 heterocycles. The summed E-state index contributed by atoms with van der Waals surface area (Å²) in [5, 5.41) is 1.19. The van der Waals surface area contributed by atoms with Gasteiger partial charge in [0.15, 0.2) is 0 Å². The van der Waals surface area contributed by atoms with E-state index in [2.05, 4.69) is 25.1 Å². The van der Waals surface area contributed by atoms with Gasteiger partial charge in [0.2, 0.25) is 0 Å². The fourth-order valence-electron chi connectivity index (χ4n) is 1.44. The van der Waals surface area contributed by atoms with E-state index in [-0.39, 0.29) is 0 Å². The molecule has 1 nitrogen and oxygen atoms in total. The van der Waals surface area contributed by atoms with Crippen molar-refractivity contribution in [2.24, 2.45) is 0 Å². The van der Waals surface area contributed by atoms with Crippen molar-refractivity contribution in [1.29, 1.82) is 0 Å². The van der Waals surface area contributed by atoms with E-state index in [9.17, 15) is 0 Å². The first kappa shape index (κ1) is 7.41. The van der Waals surface area contributed by atoms with Crippen LogP contribution in [-0.2, 0) is 6.42 Å². The van der Waals surface area contributed by atoms with Crippen LogP contribution >= 0.6 is 0 Å². The van der Waals surface area contributed by atoms with Gasteiger partial charge < -0.3 is 4.42 Å². The Morgan fingerprint density at radius 2 is 2.17 bits per heavy atom. The van der Waals surface area contributed by atoms with Gasteiger partial charge in [-0.05, 0) is 24.1 Å². The lowest BCUT2D eigenvalue weighted by Crippen LogP contribution is -1.80. The molecule has 1 aromatic heterocycles. The molecule has 12 heavy (non-hydrogen) atoms. The minimum atomic E-state index is 1.00. The van der Waals surface area contributed by atoms with Crippen LogP contribution in [0.5, 0.6) is 0 Å². The smallest absolute Gasteiger partial charge is 0.134 e. The van der Waals surface area contributed by atoms with E-state index in [0.29, 0.717) is 0 Å². The predicted molar refractivity (Wildman–Crippen MR) is 50.2 cm³/mol. The van der Waals surface area contributed by atoms with Crippen LogP contribution in [0.2, 0.25) is 0 Å². The zero-order chi connectivity index (χ0) is 8.39. The van der Waals surface area contributed by atoms with E-state index in [1.54, 1.807) is 6.26 Å². The average Bonchev–Trinajstić information content (AvgIpc) is 2.51. The van der Waals surface area contributed by atoms with E-state index < -0.39 is 0 Å². The molecule has 0 aliphatic rings. The minimum Gasteiger partial charge on any atom is -0.464 e. The maximum Gasteiger partial charge on any atom is 0.134 e. The van der Waals surface area contributed by atoms with Gasteiger partial charge in [-0.1, -0.05) is 25.5 Å². The average molecular weight is 160 g/mol. The molecule has 2 aromatic rings. The van der Waals surface area contributed by atoms with Gasteiger partial charge in [0.05, 0.1) is 6.26 Å². The van der Waals surface area contributed by atoms with E-state index in [4.69, 9.17) is 4.42 Å². The molecule has 0 aliphatic heterocycles. The fourth-order valence-corrected chi connectivity index (χ4v) is 1.44. The summed E-state index contributed by atoms with van der Waals surface area (Å²) in [6.07, 6.45) is 4.06. The topological polar surface area (TPSA) is 13.1 Å². The predicted octanol–water partition coefficient (Wildman–Crippen LogP) is 3.39. The van der Waals surface area contributed by atoms with Gasteiger partial charge in [0.25, 0.3) is 0 Å². The van der Waals surface area contributed by atoms with Crippen LogP contribution in [0.15, 0.2) is 34.9 Å². The van der Waals surface area contributed by atoms with Crippen molar-refractivity contribution in [2.45, 2.75) is 19.8 Å². The first-order chi connectivity index (χ1) is 5.90. The second-order valence-electron chi connectivity index (χ2n) is 3.04. The second-order valence-corrected chi connectivity index (χ2v) is 3.04. The summed E-state index contributed by atoms with van der Waals surface area (Å²) in [6.45, 7) is 2.19. The zero-order valence-electron chi connectivity index (χ0n) is 7.21. The molecule has 0 aliphatic carbocycles. The van der Waals surface area contributed by atoms with E-state index in [1.807, 2.05) is 6.07 Å². The summed E-state index contributed by atoms with van der Waals surface area (Å²) in [5.74, 6) is 0. The molecule has 0 amide bonds. The van der Waals surface area contributed by atoms with Crippen LogP contribution in [0.1, 0.15) is 18.9 Å². The molecule has 0 atom stereocenters. The molecule has 2 rings (SSSR count). The summed E-state index contributed by atoms with van der Waals surface area (Å²) in [6, 6.07) is 8.40. The molecular weight excluding hydrogens is 148 g/mol. The Bertz CT molecular complexity index is 373. The highest BCUT2D eigenvalue weighted by atomic mass is 16.3. The summed E-state index contributed by atoms with van der Waals surface area (Å²) < 4.78 is 5.30. The number of fused-ring (bicyclic) bond motifs is 1. The number of furan rings is 1. The Hall–Kier alpha value is -1.24. The Labute approximate surface area is 72.0 Å². The lowest BCUT2D eigenvalue weighted by molar-refractivity contribution is 0.615.